The number of nitrogens with one attached hydrogen (secondary N) is 1. The van der Waals surface area contributed by atoms with E-state index in [-0.39, 0.29) is 11.9 Å². The molecule has 2 rings (SSSR count). The first-order valence-corrected chi connectivity index (χ1v) is 6.46. The van der Waals surface area contributed by atoms with Crippen LogP contribution in [0.5, 0.6) is 0 Å². The van der Waals surface area contributed by atoms with Crippen molar-refractivity contribution in [2.75, 3.05) is 0 Å². The zero-order chi connectivity index (χ0) is 12.3. The van der Waals surface area contributed by atoms with E-state index in [1.54, 1.807) is 11.3 Å². The molecule has 0 saturated heterocycles. The molecule has 1 N–H and O–H groups in total. The molecule has 88 valence electrons. The predicted molar refractivity (Wildman–Crippen MR) is 71.4 cm³/mol. The van der Waals surface area contributed by atoms with Gasteiger partial charge in [0.05, 0.1) is 6.04 Å². The molecule has 0 aliphatic carbocycles. The Hall–Kier alpha value is -1.61. The van der Waals surface area contributed by atoms with E-state index in [9.17, 15) is 4.79 Å². The van der Waals surface area contributed by atoms with Gasteiger partial charge in [-0.05, 0) is 37.4 Å². The number of hydrogen-bond donors (Lipinski definition) is 1. The summed E-state index contributed by atoms with van der Waals surface area (Å²) in [5.41, 5.74) is 1.87. The fraction of sp³-hybridized carbons (Fsp3) is 0.214. The monoisotopic (exact) mass is 245 g/mol. The minimum absolute atomic E-state index is 0.0223. The van der Waals surface area contributed by atoms with Gasteiger partial charge < -0.3 is 5.32 Å². The number of benzene rings is 1. The van der Waals surface area contributed by atoms with E-state index in [1.807, 2.05) is 55.6 Å². The first kappa shape index (κ1) is 11.9. The standard InChI is InChI=1S/C14H15NOS/c1-10-5-7-12(8-6-10)14(16)15-11(2)13-4-3-9-17-13/h3-9,11H,1-2H3,(H,15,16)/t11-/m1/s1. The smallest absolute Gasteiger partial charge is 0.251 e. The van der Waals surface area contributed by atoms with Crippen molar-refractivity contribution >= 4 is 17.2 Å². The summed E-state index contributed by atoms with van der Waals surface area (Å²) in [5, 5.41) is 5.01. The summed E-state index contributed by atoms with van der Waals surface area (Å²) in [6.45, 7) is 4.01. The highest BCUT2D eigenvalue weighted by Crippen LogP contribution is 2.18. The Kier molecular flexibility index (Phi) is 3.59. The fourth-order valence-electron chi connectivity index (χ4n) is 1.59. The molecule has 0 bridgehead atoms. The van der Waals surface area contributed by atoms with Gasteiger partial charge in [-0.3, -0.25) is 4.79 Å². The van der Waals surface area contributed by atoms with Gasteiger partial charge in [-0.2, -0.15) is 0 Å². The first-order chi connectivity index (χ1) is 8.16. The normalized spacial score (nSPS) is 12.1. The van der Waals surface area contributed by atoms with Gasteiger partial charge in [-0.25, -0.2) is 0 Å². The molecule has 3 heteroatoms. The second-order valence-corrected chi connectivity index (χ2v) is 5.06. The maximum Gasteiger partial charge on any atom is 0.251 e. The second-order valence-electron chi connectivity index (χ2n) is 4.08. The Morgan fingerprint density at radius 2 is 1.94 bits per heavy atom. The van der Waals surface area contributed by atoms with E-state index in [0.29, 0.717) is 5.56 Å². The second kappa shape index (κ2) is 5.15. The van der Waals surface area contributed by atoms with Gasteiger partial charge in [0.1, 0.15) is 0 Å². The van der Waals surface area contributed by atoms with Gasteiger partial charge in [0.25, 0.3) is 5.91 Å². The van der Waals surface area contributed by atoms with Gasteiger partial charge in [0, 0.05) is 10.4 Å². The van der Waals surface area contributed by atoms with Crippen LogP contribution in [-0.4, -0.2) is 5.91 Å². The van der Waals surface area contributed by atoms with E-state index in [1.165, 1.54) is 4.88 Å². The summed E-state index contributed by atoms with van der Waals surface area (Å²) < 4.78 is 0. The lowest BCUT2D eigenvalue weighted by molar-refractivity contribution is 0.0940. The molecule has 0 aliphatic heterocycles. The highest BCUT2D eigenvalue weighted by molar-refractivity contribution is 7.10. The molecule has 0 radical (unpaired) electrons. The summed E-state index contributed by atoms with van der Waals surface area (Å²) in [6, 6.07) is 11.7. The van der Waals surface area contributed by atoms with E-state index >= 15 is 0 Å². The van der Waals surface area contributed by atoms with Gasteiger partial charge in [0.2, 0.25) is 0 Å². The lowest BCUT2D eigenvalue weighted by atomic mass is 10.1. The molecule has 0 spiro atoms. The highest BCUT2D eigenvalue weighted by Gasteiger charge is 2.11. The lowest BCUT2D eigenvalue weighted by Crippen LogP contribution is -2.25. The van der Waals surface area contributed by atoms with Gasteiger partial charge in [0.15, 0.2) is 0 Å². The summed E-state index contributed by atoms with van der Waals surface area (Å²) >= 11 is 1.66. The van der Waals surface area contributed by atoms with Crippen LogP contribution in [0.1, 0.15) is 33.8 Å². The molecular weight excluding hydrogens is 230 g/mol. The third-order valence-electron chi connectivity index (χ3n) is 2.63. The number of rotatable bonds is 3. The molecule has 1 amide bonds. The fourth-order valence-corrected chi connectivity index (χ4v) is 2.33. The largest absolute Gasteiger partial charge is 0.345 e. The molecule has 0 fully saturated rings. The number of hydrogen-bond acceptors (Lipinski definition) is 2. The highest BCUT2D eigenvalue weighted by atomic mass is 32.1. The molecule has 1 aromatic heterocycles. The molecule has 2 aromatic rings. The van der Waals surface area contributed by atoms with E-state index in [4.69, 9.17) is 0 Å². The van der Waals surface area contributed by atoms with E-state index in [0.717, 1.165) is 5.56 Å². The van der Waals surface area contributed by atoms with Crippen LogP contribution in [0.4, 0.5) is 0 Å². The SMILES string of the molecule is Cc1ccc(C(=O)N[C@H](C)c2cccs2)cc1. The number of thiophene rings is 1. The molecule has 0 unspecified atom stereocenters. The minimum Gasteiger partial charge on any atom is -0.345 e. The summed E-state index contributed by atoms with van der Waals surface area (Å²) in [5.74, 6) is -0.0223. The Morgan fingerprint density at radius 1 is 1.24 bits per heavy atom. The van der Waals surface area contributed by atoms with E-state index in [2.05, 4.69) is 5.32 Å². The Morgan fingerprint density at radius 3 is 2.53 bits per heavy atom. The Balaban J connectivity index is 2.04. The maximum absolute atomic E-state index is 12.0. The number of carbonyl (C=O) groups is 1. The van der Waals surface area contributed by atoms with Crippen LogP contribution in [0.2, 0.25) is 0 Å². The quantitative estimate of drug-likeness (QED) is 0.880. The lowest BCUT2D eigenvalue weighted by Gasteiger charge is -2.12. The molecule has 1 heterocycles. The minimum atomic E-state index is -0.0223. The number of amides is 1. The van der Waals surface area contributed by atoms with Gasteiger partial charge >= 0.3 is 0 Å². The van der Waals surface area contributed by atoms with Crippen LogP contribution < -0.4 is 5.32 Å². The van der Waals surface area contributed by atoms with Crippen molar-refractivity contribution in [3.63, 3.8) is 0 Å². The van der Waals surface area contributed by atoms with Crippen molar-refractivity contribution in [3.8, 4) is 0 Å². The van der Waals surface area contributed by atoms with Crippen molar-refractivity contribution in [1.82, 2.24) is 5.32 Å². The number of aryl methyl sites for hydroxylation is 1. The van der Waals surface area contributed by atoms with Crippen LogP contribution in [0.25, 0.3) is 0 Å². The summed E-state index contributed by atoms with van der Waals surface area (Å²) in [6.07, 6.45) is 0. The molecule has 2 nitrogen and oxygen atoms in total. The van der Waals surface area contributed by atoms with Crippen molar-refractivity contribution < 1.29 is 4.79 Å². The zero-order valence-electron chi connectivity index (χ0n) is 9.94. The van der Waals surface area contributed by atoms with Crippen LogP contribution in [0, 0.1) is 6.92 Å². The number of carbonyl (C=O) groups excluding carboxylic acids is 1. The van der Waals surface area contributed by atoms with Crippen LogP contribution >= 0.6 is 11.3 Å². The average molecular weight is 245 g/mol. The van der Waals surface area contributed by atoms with Crippen molar-refractivity contribution in [1.29, 1.82) is 0 Å². The molecular formula is C14H15NOS. The first-order valence-electron chi connectivity index (χ1n) is 5.58. The van der Waals surface area contributed by atoms with Crippen molar-refractivity contribution in [2.45, 2.75) is 19.9 Å². The van der Waals surface area contributed by atoms with Crippen LogP contribution in [-0.2, 0) is 0 Å². The molecule has 0 aliphatic rings. The summed E-state index contributed by atoms with van der Waals surface area (Å²) in [7, 11) is 0. The van der Waals surface area contributed by atoms with Crippen LogP contribution in [0.3, 0.4) is 0 Å². The molecule has 1 aromatic carbocycles. The Bertz CT molecular complexity index is 487. The third-order valence-corrected chi connectivity index (χ3v) is 3.69. The Labute approximate surface area is 105 Å². The summed E-state index contributed by atoms with van der Waals surface area (Å²) in [4.78, 5) is 13.1. The third kappa shape index (κ3) is 2.94. The maximum atomic E-state index is 12.0. The van der Waals surface area contributed by atoms with Crippen LogP contribution in [0.15, 0.2) is 41.8 Å². The molecule has 1 atom stereocenters. The average Bonchev–Trinajstić information content (AvgIpc) is 2.83. The van der Waals surface area contributed by atoms with Gasteiger partial charge in [-0.15, -0.1) is 11.3 Å². The predicted octanol–water partition coefficient (Wildman–Crippen LogP) is 3.55. The van der Waals surface area contributed by atoms with Crippen molar-refractivity contribution in [3.05, 3.63) is 57.8 Å². The molecule has 17 heavy (non-hydrogen) atoms. The van der Waals surface area contributed by atoms with Gasteiger partial charge in [-0.1, -0.05) is 23.8 Å². The van der Waals surface area contributed by atoms with E-state index < -0.39 is 0 Å². The topological polar surface area (TPSA) is 29.1 Å². The molecule has 0 saturated carbocycles. The zero-order valence-corrected chi connectivity index (χ0v) is 10.8. The van der Waals surface area contributed by atoms with Crippen molar-refractivity contribution in [2.24, 2.45) is 0 Å².